The predicted octanol–water partition coefficient (Wildman–Crippen LogP) is 2.02. The van der Waals surface area contributed by atoms with Gasteiger partial charge in [-0.05, 0) is 30.0 Å². The lowest BCUT2D eigenvalue weighted by atomic mass is 10.00. The molecule has 0 aromatic carbocycles. The Morgan fingerprint density at radius 1 is 1.24 bits per heavy atom. The van der Waals surface area contributed by atoms with Crippen LogP contribution in [0.15, 0.2) is 24.5 Å². The molecule has 0 N–H and O–H groups in total. The minimum Gasteiger partial charge on any atom is -0.339 e. The molecule has 1 aliphatic heterocycles. The van der Waals surface area contributed by atoms with Gasteiger partial charge in [-0.1, -0.05) is 25.7 Å². The Morgan fingerprint density at radius 2 is 1.88 bits per heavy atom. The van der Waals surface area contributed by atoms with Gasteiger partial charge in [-0.25, -0.2) is 8.42 Å². The van der Waals surface area contributed by atoms with Crippen molar-refractivity contribution in [1.29, 1.82) is 0 Å². The van der Waals surface area contributed by atoms with E-state index in [0.717, 1.165) is 12.0 Å². The molecule has 3 rings (SSSR count). The Morgan fingerprint density at radius 3 is 2.48 bits per heavy atom. The van der Waals surface area contributed by atoms with E-state index < -0.39 is 10.0 Å². The number of sulfonamides is 1. The number of rotatable bonds is 7. The van der Waals surface area contributed by atoms with Gasteiger partial charge >= 0.3 is 0 Å². The Hall–Kier alpha value is -1.47. The number of carbonyl (C=O) groups is 1. The maximum Gasteiger partial charge on any atom is 0.222 e. The number of hydrogen-bond donors (Lipinski definition) is 0. The summed E-state index contributed by atoms with van der Waals surface area (Å²) in [5, 5.41) is 0. The summed E-state index contributed by atoms with van der Waals surface area (Å²) in [5.74, 6) is 0.876. The molecule has 2 heterocycles. The van der Waals surface area contributed by atoms with Crippen molar-refractivity contribution in [1.82, 2.24) is 14.2 Å². The van der Waals surface area contributed by atoms with E-state index in [1.54, 1.807) is 17.3 Å². The van der Waals surface area contributed by atoms with Gasteiger partial charge in [0.15, 0.2) is 0 Å². The first-order chi connectivity index (χ1) is 11.9. The third-order valence-corrected chi connectivity index (χ3v) is 6.66. The Balaban J connectivity index is 1.52. The van der Waals surface area contributed by atoms with E-state index in [1.807, 2.05) is 12.1 Å². The summed E-state index contributed by atoms with van der Waals surface area (Å²) in [4.78, 5) is 18.1. The molecule has 138 valence electrons. The molecule has 0 unspecified atom stereocenters. The van der Waals surface area contributed by atoms with Crippen LogP contribution >= 0.6 is 0 Å². The van der Waals surface area contributed by atoms with Crippen LogP contribution in [0, 0.1) is 5.92 Å². The number of pyridine rings is 1. The van der Waals surface area contributed by atoms with Gasteiger partial charge in [-0.3, -0.25) is 9.78 Å². The van der Waals surface area contributed by atoms with Crippen LogP contribution in [0.4, 0.5) is 0 Å². The van der Waals surface area contributed by atoms with Crippen molar-refractivity contribution in [3.05, 3.63) is 30.1 Å². The Kier molecular flexibility index (Phi) is 5.74. The average molecular weight is 365 g/mol. The second-order valence-corrected chi connectivity index (χ2v) is 9.24. The van der Waals surface area contributed by atoms with Gasteiger partial charge in [0.05, 0.1) is 12.3 Å². The molecule has 1 saturated heterocycles. The Labute approximate surface area is 150 Å². The topological polar surface area (TPSA) is 70.6 Å². The molecule has 2 aliphatic rings. The first kappa shape index (κ1) is 18.3. The highest BCUT2D eigenvalue weighted by Crippen LogP contribution is 2.29. The lowest BCUT2D eigenvalue weighted by Crippen LogP contribution is -2.61. The van der Waals surface area contributed by atoms with E-state index in [4.69, 9.17) is 0 Å². The Bertz CT molecular complexity index is 681. The van der Waals surface area contributed by atoms with Gasteiger partial charge in [0.25, 0.3) is 0 Å². The number of aromatic nitrogens is 1. The number of likely N-dealkylation sites (tertiary alicyclic amines) is 1. The minimum atomic E-state index is -3.32. The summed E-state index contributed by atoms with van der Waals surface area (Å²) in [5.41, 5.74) is 0.909. The highest BCUT2D eigenvalue weighted by Gasteiger charge is 2.38. The second kappa shape index (κ2) is 7.83. The van der Waals surface area contributed by atoms with Crippen LogP contribution in [-0.2, 0) is 21.4 Å². The number of carbonyl (C=O) groups excluding carboxylic acids is 1. The third-order valence-electron chi connectivity index (χ3n) is 5.38. The van der Waals surface area contributed by atoms with Crippen molar-refractivity contribution in [2.45, 2.75) is 51.1 Å². The molecule has 0 spiro atoms. The lowest BCUT2D eigenvalue weighted by molar-refractivity contribution is -0.137. The molecule has 7 heteroatoms. The highest BCUT2D eigenvalue weighted by molar-refractivity contribution is 7.88. The summed E-state index contributed by atoms with van der Waals surface area (Å²) in [6, 6.07) is 3.52. The van der Waals surface area contributed by atoms with Crippen molar-refractivity contribution in [2.24, 2.45) is 5.92 Å². The van der Waals surface area contributed by atoms with E-state index in [-0.39, 0.29) is 11.9 Å². The average Bonchev–Trinajstić information content (AvgIpc) is 3.04. The van der Waals surface area contributed by atoms with Crippen molar-refractivity contribution in [3.63, 3.8) is 0 Å². The summed E-state index contributed by atoms with van der Waals surface area (Å²) < 4.78 is 25.8. The summed E-state index contributed by atoms with van der Waals surface area (Å²) in [7, 11) is -3.32. The fraction of sp³-hybridized carbons (Fsp3) is 0.667. The molecule has 6 nitrogen and oxygen atoms in total. The maximum atomic E-state index is 12.3. The molecular weight excluding hydrogens is 338 g/mol. The third kappa shape index (κ3) is 4.79. The molecule has 1 aromatic rings. The van der Waals surface area contributed by atoms with E-state index >= 15 is 0 Å². The molecule has 0 atom stereocenters. The van der Waals surface area contributed by atoms with E-state index in [0.29, 0.717) is 32.0 Å². The van der Waals surface area contributed by atoms with Crippen LogP contribution in [0.25, 0.3) is 0 Å². The largest absolute Gasteiger partial charge is 0.339 e. The van der Waals surface area contributed by atoms with Crippen LogP contribution in [0.2, 0.25) is 0 Å². The highest BCUT2D eigenvalue weighted by atomic mass is 32.2. The van der Waals surface area contributed by atoms with Crippen molar-refractivity contribution in [2.75, 3.05) is 19.3 Å². The fourth-order valence-electron chi connectivity index (χ4n) is 3.81. The van der Waals surface area contributed by atoms with Crippen LogP contribution in [0.5, 0.6) is 0 Å². The van der Waals surface area contributed by atoms with Gasteiger partial charge in [0.2, 0.25) is 15.9 Å². The molecule has 1 aliphatic carbocycles. The first-order valence-corrected chi connectivity index (χ1v) is 10.9. The minimum absolute atomic E-state index is 0.126. The van der Waals surface area contributed by atoms with Gasteiger partial charge in [-0.2, -0.15) is 4.31 Å². The smallest absolute Gasteiger partial charge is 0.222 e. The van der Waals surface area contributed by atoms with Crippen LogP contribution in [-0.4, -0.2) is 53.9 Å². The van der Waals surface area contributed by atoms with E-state index in [9.17, 15) is 13.2 Å². The lowest BCUT2D eigenvalue weighted by Gasteiger charge is -2.44. The van der Waals surface area contributed by atoms with Gasteiger partial charge in [0, 0.05) is 38.4 Å². The van der Waals surface area contributed by atoms with Crippen molar-refractivity contribution in [3.8, 4) is 0 Å². The van der Waals surface area contributed by atoms with E-state index in [2.05, 4.69) is 4.98 Å². The normalized spacial score (nSPS) is 19.4. The number of amides is 1. The zero-order chi connectivity index (χ0) is 17.9. The van der Waals surface area contributed by atoms with Gasteiger partial charge in [0.1, 0.15) is 0 Å². The monoisotopic (exact) mass is 365 g/mol. The molecule has 1 aromatic heterocycles. The number of nitrogens with zero attached hydrogens (tertiary/aromatic N) is 3. The molecule has 0 bridgehead atoms. The zero-order valence-corrected chi connectivity index (χ0v) is 15.6. The summed E-state index contributed by atoms with van der Waals surface area (Å²) >= 11 is 0. The molecular formula is C18H27N3O3S. The van der Waals surface area contributed by atoms with Crippen LogP contribution in [0.3, 0.4) is 0 Å². The summed E-state index contributed by atoms with van der Waals surface area (Å²) in [6.45, 7) is 1.33. The first-order valence-electron chi connectivity index (χ1n) is 9.07. The van der Waals surface area contributed by atoms with Crippen molar-refractivity contribution >= 4 is 15.9 Å². The maximum absolute atomic E-state index is 12.3. The van der Waals surface area contributed by atoms with Gasteiger partial charge < -0.3 is 4.90 Å². The SMILES string of the molecule is CS(=O)(=O)N(Cc1ccncc1)C1CN(C(=O)CCC2CCCC2)C1. The summed E-state index contributed by atoms with van der Waals surface area (Å²) in [6.07, 6.45) is 11.2. The standard InChI is InChI=1S/C18H27N3O3S/c1-25(23,24)21(12-16-8-10-19-11-9-16)17-13-20(14-17)18(22)7-6-15-4-2-3-5-15/h8-11,15,17H,2-7,12-14H2,1H3. The zero-order valence-electron chi connectivity index (χ0n) is 14.8. The second-order valence-electron chi connectivity index (χ2n) is 7.31. The van der Waals surface area contributed by atoms with Crippen LogP contribution in [0.1, 0.15) is 44.1 Å². The quantitative estimate of drug-likeness (QED) is 0.741. The molecule has 1 amide bonds. The molecule has 1 saturated carbocycles. The van der Waals surface area contributed by atoms with Crippen molar-refractivity contribution < 1.29 is 13.2 Å². The van der Waals surface area contributed by atoms with Crippen LogP contribution < -0.4 is 0 Å². The predicted molar refractivity (Wildman–Crippen MR) is 96.2 cm³/mol. The molecule has 2 fully saturated rings. The fourth-order valence-corrected chi connectivity index (χ4v) is 4.87. The number of hydrogen-bond acceptors (Lipinski definition) is 4. The molecule has 25 heavy (non-hydrogen) atoms. The van der Waals surface area contributed by atoms with E-state index in [1.165, 1.54) is 36.2 Å². The van der Waals surface area contributed by atoms with Gasteiger partial charge in [-0.15, -0.1) is 0 Å². The molecule has 0 radical (unpaired) electrons.